The van der Waals surface area contributed by atoms with E-state index in [1.54, 1.807) is 28.6 Å². The second kappa shape index (κ2) is 13.0. The second-order valence-electron chi connectivity index (χ2n) is 6.31. The van der Waals surface area contributed by atoms with Crippen molar-refractivity contribution in [2.75, 3.05) is 18.9 Å². The van der Waals surface area contributed by atoms with Gasteiger partial charge in [0.25, 0.3) is 0 Å². The van der Waals surface area contributed by atoms with Crippen LogP contribution in [0, 0.1) is 0 Å². The Morgan fingerprint density at radius 2 is 1.97 bits per heavy atom. The summed E-state index contributed by atoms with van der Waals surface area (Å²) in [6, 6.07) is 11.3. The van der Waals surface area contributed by atoms with Crippen LogP contribution in [0.5, 0.6) is 11.5 Å². The van der Waals surface area contributed by atoms with Crippen molar-refractivity contribution in [1.82, 2.24) is 25.5 Å². The average Bonchev–Trinajstić information content (AvgIpc) is 3.13. The molecule has 0 aliphatic heterocycles. The molecule has 1 heterocycles. The summed E-state index contributed by atoms with van der Waals surface area (Å²) in [5.74, 6) is 2.26. The van der Waals surface area contributed by atoms with Crippen molar-refractivity contribution >= 4 is 47.4 Å². The second-order valence-corrected chi connectivity index (χ2v) is 8.22. The molecule has 0 unspecified atom stereocenters. The first-order valence-electron chi connectivity index (χ1n) is 9.45. The van der Waals surface area contributed by atoms with Gasteiger partial charge in [-0.1, -0.05) is 53.2 Å². The van der Waals surface area contributed by atoms with Crippen LogP contribution in [-0.4, -0.2) is 39.1 Å². The van der Waals surface area contributed by atoms with Crippen molar-refractivity contribution in [3.8, 4) is 11.5 Å². The van der Waals surface area contributed by atoms with Gasteiger partial charge in [-0.05, 0) is 35.5 Å². The summed E-state index contributed by atoms with van der Waals surface area (Å²) in [7, 11) is 1.82. The summed E-state index contributed by atoms with van der Waals surface area (Å²) in [6.07, 6.45) is 0. The van der Waals surface area contributed by atoms with Crippen LogP contribution in [0.15, 0.2) is 41.6 Å². The number of aryl methyl sites for hydroxylation is 1. The maximum atomic E-state index is 6.28. The van der Waals surface area contributed by atoms with Gasteiger partial charge in [0, 0.05) is 47.1 Å². The van der Waals surface area contributed by atoms with Crippen molar-refractivity contribution in [3.63, 3.8) is 0 Å². The molecule has 2 aromatic carbocycles. The minimum atomic E-state index is 0. The highest BCUT2D eigenvalue weighted by atomic mass is 35.5. The molecule has 7 nitrogen and oxygen atoms in total. The Balaban J connectivity index is 0.00000341. The highest BCUT2D eigenvalue weighted by Gasteiger charge is 2.13. The Labute approximate surface area is 202 Å². The van der Waals surface area contributed by atoms with Gasteiger partial charge < -0.3 is 14.8 Å². The Kier molecular flexibility index (Phi) is 10.7. The molecule has 0 bridgehead atoms. The predicted octanol–water partition coefficient (Wildman–Crippen LogP) is 4.80. The molecule has 0 fully saturated rings. The number of nitrogens with zero attached hydrogens (tertiary/aromatic N) is 4. The summed E-state index contributed by atoms with van der Waals surface area (Å²) in [6.45, 7) is 4.25. The molecule has 1 N–H and O–H groups in total. The van der Waals surface area contributed by atoms with E-state index in [0.717, 1.165) is 28.6 Å². The molecule has 31 heavy (non-hydrogen) atoms. The molecule has 0 saturated carbocycles. The number of hydrogen-bond donors (Lipinski definition) is 1. The first-order valence-corrected chi connectivity index (χ1v) is 11.2. The summed E-state index contributed by atoms with van der Waals surface area (Å²) in [5, 5.41) is 16.8. The zero-order valence-electron chi connectivity index (χ0n) is 17.2. The van der Waals surface area contributed by atoms with Crippen molar-refractivity contribution in [2.45, 2.75) is 25.2 Å². The Morgan fingerprint density at radius 1 is 1.13 bits per heavy atom. The van der Waals surface area contributed by atoms with E-state index in [4.69, 9.17) is 32.7 Å². The summed E-state index contributed by atoms with van der Waals surface area (Å²) < 4.78 is 13.6. The molecule has 1 aromatic heterocycles. The third-order valence-electron chi connectivity index (χ3n) is 4.15. The van der Waals surface area contributed by atoms with E-state index < -0.39 is 0 Å². The fraction of sp³-hybridized carbons (Fsp3) is 0.350. The lowest BCUT2D eigenvalue weighted by Crippen LogP contribution is -2.17. The van der Waals surface area contributed by atoms with Crippen molar-refractivity contribution in [2.24, 2.45) is 7.05 Å². The van der Waals surface area contributed by atoms with Crippen LogP contribution in [0.3, 0.4) is 0 Å². The van der Waals surface area contributed by atoms with Crippen LogP contribution in [0.1, 0.15) is 18.1 Å². The normalized spacial score (nSPS) is 10.6. The van der Waals surface area contributed by atoms with Gasteiger partial charge in [0.1, 0.15) is 6.61 Å². The third kappa shape index (κ3) is 7.43. The molecular weight excluding hydrogens is 481 g/mol. The molecule has 0 aliphatic rings. The zero-order valence-corrected chi connectivity index (χ0v) is 20.3. The maximum Gasteiger partial charge on any atom is 0.209 e. The monoisotopic (exact) mass is 503 g/mol. The fourth-order valence-electron chi connectivity index (χ4n) is 2.70. The molecule has 11 heteroatoms. The first kappa shape index (κ1) is 25.5. The summed E-state index contributed by atoms with van der Waals surface area (Å²) in [4.78, 5) is 0. The van der Waals surface area contributed by atoms with E-state index in [-0.39, 0.29) is 12.4 Å². The summed E-state index contributed by atoms with van der Waals surface area (Å²) >= 11 is 13.9. The minimum Gasteiger partial charge on any atom is -0.490 e. The number of tetrazole rings is 1. The molecule has 0 atom stereocenters. The molecular formula is C20H24Cl3N5O2S. The molecule has 168 valence electrons. The van der Waals surface area contributed by atoms with E-state index >= 15 is 0 Å². The van der Waals surface area contributed by atoms with Crippen molar-refractivity contribution in [3.05, 3.63) is 57.6 Å². The van der Waals surface area contributed by atoms with Gasteiger partial charge in [0.05, 0.1) is 6.61 Å². The van der Waals surface area contributed by atoms with Crippen LogP contribution in [0.25, 0.3) is 0 Å². The van der Waals surface area contributed by atoms with Gasteiger partial charge >= 0.3 is 0 Å². The zero-order chi connectivity index (χ0) is 21.3. The SMILES string of the molecule is CCOc1cccc(CNCCSc2nnnn2C)c1OCc1ccc(Cl)cc1Cl.Cl. The molecule has 0 saturated heterocycles. The maximum absolute atomic E-state index is 6.28. The number of ether oxygens (including phenoxy) is 2. The number of rotatable bonds is 11. The van der Waals surface area contributed by atoms with E-state index in [2.05, 4.69) is 20.8 Å². The topological polar surface area (TPSA) is 74.1 Å². The van der Waals surface area contributed by atoms with Gasteiger partial charge in [-0.25, -0.2) is 4.68 Å². The lowest BCUT2D eigenvalue weighted by atomic mass is 10.1. The average molecular weight is 505 g/mol. The van der Waals surface area contributed by atoms with Crippen LogP contribution in [0.4, 0.5) is 0 Å². The Hall–Kier alpha value is -1.71. The lowest BCUT2D eigenvalue weighted by molar-refractivity contribution is 0.266. The number of para-hydroxylation sites is 1. The highest BCUT2D eigenvalue weighted by molar-refractivity contribution is 7.99. The molecule has 3 rings (SSSR count). The van der Waals surface area contributed by atoms with E-state index in [9.17, 15) is 0 Å². The summed E-state index contributed by atoms with van der Waals surface area (Å²) in [5.41, 5.74) is 1.87. The smallest absolute Gasteiger partial charge is 0.209 e. The third-order valence-corrected chi connectivity index (χ3v) is 5.75. The van der Waals surface area contributed by atoms with E-state index in [1.165, 1.54) is 0 Å². The number of thioether (sulfide) groups is 1. The van der Waals surface area contributed by atoms with Crippen molar-refractivity contribution < 1.29 is 9.47 Å². The van der Waals surface area contributed by atoms with Gasteiger partial charge in [-0.2, -0.15) is 0 Å². The number of hydrogen-bond acceptors (Lipinski definition) is 7. The first-order chi connectivity index (χ1) is 14.6. The molecule has 0 radical (unpaired) electrons. The predicted molar refractivity (Wildman–Crippen MR) is 127 cm³/mol. The van der Waals surface area contributed by atoms with Gasteiger partial charge in [-0.3, -0.25) is 0 Å². The van der Waals surface area contributed by atoms with E-state index in [1.807, 2.05) is 38.2 Å². The molecule has 0 aliphatic carbocycles. The van der Waals surface area contributed by atoms with Crippen molar-refractivity contribution in [1.29, 1.82) is 0 Å². The molecule has 3 aromatic rings. The van der Waals surface area contributed by atoms with Gasteiger partial charge in [0.2, 0.25) is 5.16 Å². The van der Waals surface area contributed by atoms with Crippen LogP contribution in [-0.2, 0) is 20.2 Å². The van der Waals surface area contributed by atoms with Crippen LogP contribution >= 0.6 is 47.4 Å². The van der Waals surface area contributed by atoms with Gasteiger partial charge in [0.15, 0.2) is 11.5 Å². The van der Waals surface area contributed by atoms with Crippen LogP contribution < -0.4 is 14.8 Å². The largest absolute Gasteiger partial charge is 0.490 e. The number of nitrogens with one attached hydrogen (secondary N) is 1. The number of halogens is 3. The van der Waals surface area contributed by atoms with Gasteiger partial charge in [-0.15, -0.1) is 17.5 Å². The fourth-order valence-corrected chi connectivity index (χ4v) is 3.91. The molecule has 0 spiro atoms. The van der Waals surface area contributed by atoms with E-state index in [0.29, 0.717) is 41.3 Å². The Morgan fingerprint density at radius 3 is 2.68 bits per heavy atom. The number of aromatic nitrogens is 4. The standard InChI is InChI=1S/C20H23Cl2N5O2S.ClH/c1-3-28-18-6-4-5-14(12-23-9-10-30-20-24-25-26-27(20)2)19(18)29-13-15-7-8-16(21)11-17(15)22;/h4-8,11,23H,3,9-10,12-13H2,1-2H3;1H. The van der Waals surface area contributed by atoms with Crippen LogP contribution in [0.2, 0.25) is 10.0 Å². The number of benzene rings is 2. The lowest BCUT2D eigenvalue weighted by Gasteiger charge is -2.17. The minimum absolute atomic E-state index is 0. The highest BCUT2D eigenvalue weighted by Crippen LogP contribution is 2.33. The molecule has 0 amide bonds. The quantitative estimate of drug-likeness (QED) is 0.297. The Bertz CT molecular complexity index is 974.